The first-order valence-corrected chi connectivity index (χ1v) is 8.24. The summed E-state index contributed by atoms with van der Waals surface area (Å²) in [6.45, 7) is 1.74. The van der Waals surface area contributed by atoms with Crippen LogP contribution < -0.4 is 5.32 Å². The predicted octanol–water partition coefficient (Wildman–Crippen LogP) is 1.17. The molecule has 1 aromatic carbocycles. The maximum absolute atomic E-state index is 11.3. The Morgan fingerprint density at radius 3 is 2.71 bits per heavy atom. The van der Waals surface area contributed by atoms with Crippen molar-refractivity contribution >= 4 is 32.5 Å². The summed E-state index contributed by atoms with van der Waals surface area (Å²) in [7, 11) is -3.10. The molecule has 1 aromatic heterocycles. The van der Waals surface area contributed by atoms with E-state index in [2.05, 4.69) is 15.3 Å². The highest BCUT2D eigenvalue weighted by Gasteiger charge is 2.13. The number of carbonyl (C=O) groups is 1. The van der Waals surface area contributed by atoms with E-state index in [9.17, 15) is 13.2 Å². The van der Waals surface area contributed by atoms with Gasteiger partial charge < -0.3 is 10.4 Å². The fourth-order valence-corrected chi connectivity index (χ4v) is 3.03. The molecule has 0 aliphatic rings. The summed E-state index contributed by atoms with van der Waals surface area (Å²) in [5, 5.41) is 12.6. The number of sulfone groups is 1. The van der Waals surface area contributed by atoms with Crippen LogP contribution in [0.5, 0.6) is 0 Å². The molecule has 0 aliphatic heterocycles. The first-order chi connectivity index (χ1) is 9.76. The third-order valence-corrected chi connectivity index (χ3v) is 3.92. The zero-order valence-electron chi connectivity index (χ0n) is 11.6. The molecule has 21 heavy (non-hydrogen) atoms. The average molecular weight is 309 g/mol. The van der Waals surface area contributed by atoms with E-state index >= 15 is 0 Å². The highest BCUT2D eigenvalue weighted by Crippen LogP contribution is 2.21. The minimum absolute atomic E-state index is 0.0221. The van der Waals surface area contributed by atoms with Crippen LogP contribution in [0, 0.1) is 0 Å². The van der Waals surface area contributed by atoms with Crippen molar-refractivity contribution < 1.29 is 18.3 Å². The first kappa shape index (κ1) is 15.2. The molecule has 0 bridgehead atoms. The molecular weight excluding hydrogens is 294 g/mol. The lowest BCUT2D eigenvalue weighted by Crippen LogP contribution is -2.25. The van der Waals surface area contributed by atoms with E-state index in [1.165, 1.54) is 24.7 Å². The Morgan fingerprint density at radius 1 is 1.38 bits per heavy atom. The first-order valence-electron chi connectivity index (χ1n) is 6.18. The molecular formula is C13H15N3O4S. The van der Waals surface area contributed by atoms with Crippen LogP contribution in [0.4, 0.5) is 5.82 Å². The number of anilines is 1. The zero-order valence-corrected chi connectivity index (χ0v) is 12.4. The maximum atomic E-state index is 11.3. The summed E-state index contributed by atoms with van der Waals surface area (Å²) >= 11 is 0. The third-order valence-electron chi connectivity index (χ3n) is 2.82. The number of carboxylic acids is 1. The van der Waals surface area contributed by atoms with Gasteiger partial charge in [0.2, 0.25) is 0 Å². The van der Waals surface area contributed by atoms with Crippen LogP contribution in [0.2, 0.25) is 0 Å². The molecule has 0 saturated carbocycles. The van der Waals surface area contributed by atoms with Crippen molar-refractivity contribution in [3.8, 4) is 0 Å². The lowest BCUT2D eigenvalue weighted by Gasteiger charge is -2.14. The number of rotatable bonds is 5. The Kier molecular flexibility index (Phi) is 4.08. The number of nitrogens with one attached hydrogen (secondary N) is 1. The van der Waals surface area contributed by atoms with Crippen molar-refractivity contribution in [2.24, 2.45) is 0 Å². The monoisotopic (exact) mass is 309 g/mol. The van der Waals surface area contributed by atoms with E-state index in [-0.39, 0.29) is 17.4 Å². The molecule has 1 unspecified atom stereocenters. The summed E-state index contributed by atoms with van der Waals surface area (Å²) in [5.74, 6) is -0.574. The van der Waals surface area contributed by atoms with Gasteiger partial charge in [0.15, 0.2) is 0 Å². The molecule has 1 atom stereocenters. The smallest absolute Gasteiger partial charge is 0.335 e. The topological polar surface area (TPSA) is 109 Å². The summed E-state index contributed by atoms with van der Waals surface area (Å²) in [6.07, 6.45) is 2.48. The molecule has 0 saturated heterocycles. The highest BCUT2D eigenvalue weighted by molar-refractivity contribution is 7.90. The van der Waals surface area contributed by atoms with E-state index in [1.54, 1.807) is 13.0 Å². The Hall–Kier alpha value is -2.22. The van der Waals surface area contributed by atoms with E-state index in [4.69, 9.17) is 5.11 Å². The fourth-order valence-electron chi connectivity index (χ4n) is 2.03. The van der Waals surface area contributed by atoms with Gasteiger partial charge in [0.25, 0.3) is 0 Å². The Balaban J connectivity index is 2.34. The average Bonchev–Trinajstić information content (AvgIpc) is 2.36. The van der Waals surface area contributed by atoms with Gasteiger partial charge in [0.1, 0.15) is 22.0 Å². The van der Waals surface area contributed by atoms with Crippen molar-refractivity contribution in [3.05, 3.63) is 30.1 Å². The molecule has 1 heterocycles. The van der Waals surface area contributed by atoms with Crippen molar-refractivity contribution in [1.29, 1.82) is 0 Å². The van der Waals surface area contributed by atoms with E-state index < -0.39 is 15.8 Å². The van der Waals surface area contributed by atoms with Crippen LogP contribution in [-0.4, -0.2) is 47.5 Å². The fraction of sp³-hybridized carbons (Fsp3) is 0.308. The molecule has 8 heteroatoms. The van der Waals surface area contributed by atoms with Gasteiger partial charge >= 0.3 is 5.97 Å². The number of carboxylic acid groups (broad SMARTS) is 1. The van der Waals surface area contributed by atoms with E-state index in [0.29, 0.717) is 16.7 Å². The summed E-state index contributed by atoms with van der Waals surface area (Å²) in [4.78, 5) is 19.1. The minimum atomic E-state index is -3.10. The number of hydrogen-bond donors (Lipinski definition) is 2. The van der Waals surface area contributed by atoms with Crippen LogP contribution in [0.25, 0.3) is 10.9 Å². The minimum Gasteiger partial charge on any atom is -0.478 e. The second-order valence-corrected chi connectivity index (χ2v) is 7.08. The Morgan fingerprint density at radius 2 is 2.10 bits per heavy atom. The molecule has 7 nitrogen and oxygen atoms in total. The van der Waals surface area contributed by atoms with Crippen molar-refractivity contribution in [2.75, 3.05) is 17.3 Å². The number of aromatic nitrogens is 2. The molecule has 0 aliphatic carbocycles. The van der Waals surface area contributed by atoms with Gasteiger partial charge in [-0.05, 0) is 25.1 Å². The van der Waals surface area contributed by atoms with Gasteiger partial charge in [-0.15, -0.1) is 0 Å². The van der Waals surface area contributed by atoms with Crippen LogP contribution in [0.3, 0.4) is 0 Å². The lowest BCUT2D eigenvalue weighted by atomic mass is 10.1. The number of hydrogen-bond acceptors (Lipinski definition) is 6. The van der Waals surface area contributed by atoms with E-state index in [1.807, 2.05) is 0 Å². The number of benzene rings is 1. The third kappa shape index (κ3) is 3.88. The molecule has 112 valence electrons. The molecule has 0 fully saturated rings. The number of fused-ring (bicyclic) bond motifs is 1. The van der Waals surface area contributed by atoms with Gasteiger partial charge in [-0.1, -0.05) is 0 Å². The molecule has 2 rings (SSSR count). The predicted molar refractivity (Wildman–Crippen MR) is 79.3 cm³/mol. The van der Waals surface area contributed by atoms with Crippen LogP contribution in [-0.2, 0) is 9.84 Å². The molecule has 2 N–H and O–H groups in total. The van der Waals surface area contributed by atoms with Crippen LogP contribution in [0.1, 0.15) is 17.3 Å². The molecule has 0 amide bonds. The molecule has 0 spiro atoms. The van der Waals surface area contributed by atoms with Crippen molar-refractivity contribution in [1.82, 2.24) is 9.97 Å². The summed E-state index contributed by atoms with van der Waals surface area (Å²) in [6, 6.07) is 4.19. The normalized spacial score (nSPS) is 13.0. The van der Waals surface area contributed by atoms with Gasteiger partial charge in [0, 0.05) is 17.7 Å². The Labute approximate surface area is 122 Å². The van der Waals surface area contributed by atoms with Crippen LogP contribution in [0.15, 0.2) is 24.5 Å². The van der Waals surface area contributed by atoms with Crippen molar-refractivity contribution in [3.63, 3.8) is 0 Å². The van der Waals surface area contributed by atoms with E-state index in [0.717, 1.165) is 0 Å². The molecule has 2 aromatic rings. The standard InChI is InChI=1S/C13H15N3O4S/c1-8(6-21(2,19)20)16-12-10-4-3-9(13(17)18)5-11(10)14-7-15-12/h3-5,7-8H,6H2,1-2H3,(H,17,18)(H,14,15,16). The highest BCUT2D eigenvalue weighted by atomic mass is 32.2. The van der Waals surface area contributed by atoms with Crippen molar-refractivity contribution in [2.45, 2.75) is 13.0 Å². The van der Waals surface area contributed by atoms with Crippen LogP contribution >= 0.6 is 0 Å². The zero-order chi connectivity index (χ0) is 15.6. The Bertz CT molecular complexity index is 789. The SMILES string of the molecule is CC(CS(C)(=O)=O)Nc1ncnc2cc(C(=O)O)ccc12. The largest absolute Gasteiger partial charge is 0.478 e. The maximum Gasteiger partial charge on any atom is 0.335 e. The quantitative estimate of drug-likeness (QED) is 0.853. The van der Waals surface area contributed by atoms with Gasteiger partial charge in [-0.25, -0.2) is 23.2 Å². The van der Waals surface area contributed by atoms with Gasteiger partial charge in [-0.3, -0.25) is 0 Å². The summed E-state index contributed by atoms with van der Waals surface area (Å²) in [5.41, 5.74) is 0.621. The molecule has 0 radical (unpaired) electrons. The second-order valence-electron chi connectivity index (χ2n) is 4.90. The second kappa shape index (κ2) is 5.65. The van der Waals surface area contributed by atoms with Gasteiger partial charge in [-0.2, -0.15) is 0 Å². The summed E-state index contributed by atoms with van der Waals surface area (Å²) < 4.78 is 22.6. The lowest BCUT2D eigenvalue weighted by molar-refractivity contribution is 0.0697. The van der Waals surface area contributed by atoms with Gasteiger partial charge in [0.05, 0.1) is 16.8 Å². The number of aromatic carboxylic acids is 1. The number of nitrogens with zero attached hydrogens (tertiary/aromatic N) is 2.